The summed E-state index contributed by atoms with van der Waals surface area (Å²) in [5.74, 6) is 0.591. The molecule has 1 heterocycles. The van der Waals surface area contributed by atoms with Crippen LogP contribution in [0.25, 0.3) is 0 Å². The molecule has 0 radical (unpaired) electrons. The minimum Gasteiger partial charge on any atom is -0.495 e. The van der Waals surface area contributed by atoms with Gasteiger partial charge < -0.3 is 24.8 Å². The average Bonchev–Trinajstić information content (AvgIpc) is 2.77. The van der Waals surface area contributed by atoms with Gasteiger partial charge in [-0.3, -0.25) is 4.79 Å². The van der Waals surface area contributed by atoms with Crippen molar-refractivity contribution in [2.45, 2.75) is 31.0 Å². The summed E-state index contributed by atoms with van der Waals surface area (Å²) in [7, 11) is -0.654. The van der Waals surface area contributed by atoms with Gasteiger partial charge in [-0.05, 0) is 38.1 Å². The highest BCUT2D eigenvalue weighted by atomic mass is 35.5. The van der Waals surface area contributed by atoms with Crippen LogP contribution in [-0.4, -0.2) is 64.7 Å². The molecule has 0 saturated carbocycles. The fourth-order valence-electron chi connectivity index (χ4n) is 3.57. The first-order valence-corrected chi connectivity index (χ1v) is 12.2. The summed E-state index contributed by atoms with van der Waals surface area (Å²) in [6.07, 6.45) is -0.345. The second-order valence-corrected chi connectivity index (χ2v) is 10.0. The Morgan fingerprint density at radius 1 is 1.09 bits per heavy atom. The predicted octanol–water partition coefficient (Wildman–Crippen LogP) is 3.21. The summed E-state index contributed by atoms with van der Waals surface area (Å²) < 4.78 is 43.4. The van der Waals surface area contributed by atoms with Gasteiger partial charge in [0.15, 0.2) is 0 Å². The molecule has 9 nitrogen and oxygen atoms in total. The predicted molar refractivity (Wildman–Crippen MR) is 127 cm³/mol. The van der Waals surface area contributed by atoms with Crippen LogP contribution in [0.15, 0.2) is 41.3 Å². The number of carbonyl (C=O) groups excluding carboxylic acids is 1. The number of amides is 1. The number of carbonyl (C=O) groups is 1. The number of ether oxygens (including phenoxy) is 3. The van der Waals surface area contributed by atoms with E-state index < -0.39 is 10.0 Å². The first kappa shape index (κ1) is 25.1. The van der Waals surface area contributed by atoms with Gasteiger partial charge >= 0.3 is 0 Å². The van der Waals surface area contributed by atoms with Crippen LogP contribution in [0.1, 0.15) is 13.8 Å². The Kier molecular flexibility index (Phi) is 8.06. The van der Waals surface area contributed by atoms with Crippen molar-refractivity contribution in [3.8, 4) is 11.5 Å². The van der Waals surface area contributed by atoms with Gasteiger partial charge in [-0.25, -0.2) is 8.42 Å². The van der Waals surface area contributed by atoms with Crippen LogP contribution in [0.2, 0.25) is 5.02 Å². The van der Waals surface area contributed by atoms with E-state index in [1.54, 1.807) is 24.3 Å². The van der Waals surface area contributed by atoms with Crippen LogP contribution in [0, 0.1) is 0 Å². The molecule has 33 heavy (non-hydrogen) atoms. The van der Waals surface area contributed by atoms with E-state index in [9.17, 15) is 13.2 Å². The van der Waals surface area contributed by atoms with Gasteiger partial charge in [0.2, 0.25) is 15.9 Å². The third-order valence-electron chi connectivity index (χ3n) is 5.08. The first-order chi connectivity index (χ1) is 15.6. The molecule has 1 aliphatic heterocycles. The number of sulfonamides is 1. The Morgan fingerprint density at radius 3 is 2.27 bits per heavy atom. The lowest BCUT2D eigenvalue weighted by molar-refractivity contribution is -0.114. The maximum absolute atomic E-state index is 12.9. The van der Waals surface area contributed by atoms with E-state index in [4.69, 9.17) is 25.8 Å². The largest absolute Gasteiger partial charge is 0.495 e. The van der Waals surface area contributed by atoms with Crippen LogP contribution >= 0.6 is 11.6 Å². The Labute approximate surface area is 199 Å². The number of hydrogen-bond donors (Lipinski definition) is 2. The molecule has 2 N–H and O–H groups in total. The molecule has 0 spiro atoms. The topological polar surface area (TPSA) is 106 Å². The van der Waals surface area contributed by atoms with Crippen molar-refractivity contribution in [2.75, 3.05) is 44.5 Å². The minimum absolute atomic E-state index is 0.0508. The summed E-state index contributed by atoms with van der Waals surface area (Å²) in [6, 6.07) is 9.32. The molecule has 1 aliphatic rings. The maximum Gasteiger partial charge on any atom is 0.243 e. The van der Waals surface area contributed by atoms with Gasteiger partial charge in [-0.15, -0.1) is 0 Å². The molecule has 0 aromatic heterocycles. The molecule has 2 atom stereocenters. The van der Waals surface area contributed by atoms with Gasteiger partial charge in [0, 0.05) is 30.9 Å². The summed E-state index contributed by atoms with van der Waals surface area (Å²) >= 11 is 6.09. The van der Waals surface area contributed by atoms with Crippen LogP contribution in [0.5, 0.6) is 11.5 Å². The smallest absolute Gasteiger partial charge is 0.243 e. The molecular weight excluding hydrogens is 470 g/mol. The molecule has 180 valence electrons. The third kappa shape index (κ3) is 6.08. The molecule has 2 aromatic carbocycles. The first-order valence-electron chi connectivity index (χ1n) is 10.3. The maximum atomic E-state index is 12.9. The second kappa shape index (κ2) is 10.6. The van der Waals surface area contributed by atoms with E-state index in [-0.39, 0.29) is 29.6 Å². The van der Waals surface area contributed by atoms with Crippen molar-refractivity contribution in [2.24, 2.45) is 0 Å². The van der Waals surface area contributed by atoms with Crippen molar-refractivity contribution in [3.63, 3.8) is 0 Å². The lowest BCUT2D eigenvalue weighted by Crippen LogP contribution is -2.48. The highest BCUT2D eigenvalue weighted by Gasteiger charge is 2.32. The van der Waals surface area contributed by atoms with Crippen LogP contribution < -0.4 is 20.1 Å². The molecule has 0 aliphatic carbocycles. The highest BCUT2D eigenvalue weighted by Crippen LogP contribution is 2.35. The molecule has 3 rings (SSSR count). The number of nitrogens with one attached hydrogen (secondary N) is 2. The zero-order chi connectivity index (χ0) is 24.2. The number of methoxy groups -OCH3 is 2. The summed E-state index contributed by atoms with van der Waals surface area (Å²) in [6.45, 7) is 4.25. The molecule has 1 saturated heterocycles. The van der Waals surface area contributed by atoms with E-state index in [0.717, 1.165) is 0 Å². The van der Waals surface area contributed by atoms with E-state index >= 15 is 0 Å². The Bertz CT molecular complexity index is 1080. The fraction of sp³-hybridized carbons (Fsp3) is 0.409. The lowest BCUT2D eigenvalue weighted by Gasteiger charge is -2.34. The minimum atomic E-state index is -3.65. The fourth-order valence-corrected chi connectivity index (χ4v) is 5.39. The molecular formula is C22H28ClN3O6S. The SMILES string of the molecule is COc1cc(NCC(=O)Nc2ccc(S(=O)(=O)N3CC(C)OC(C)C3)cc2)c(OC)cc1Cl. The summed E-state index contributed by atoms with van der Waals surface area (Å²) in [4.78, 5) is 12.6. The number of rotatable bonds is 8. The van der Waals surface area contributed by atoms with Gasteiger partial charge in [0.1, 0.15) is 11.5 Å². The van der Waals surface area contributed by atoms with E-state index in [2.05, 4.69) is 10.6 Å². The van der Waals surface area contributed by atoms with Gasteiger partial charge in [-0.1, -0.05) is 11.6 Å². The van der Waals surface area contributed by atoms with Crippen molar-refractivity contribution < 1.29 is 27.4 Å². The standard InChI is InChI=1S/C22H28ClN3O6S/c1-14-12-26(13-15(2)32-14)33(28,29)17-7-5-16(6-8-17)25-22(27)11-24-19-10-20(30-3)18(23)9-21(19)31-4/h5-10,14-15,24H,11-13H2,1-4H3,(H,25,27). The van der Waals surface area contributed by atoms with Crippen molar-refractivity contribution in [1.29, 1.82) is 0 Å². The zero-order valence-electron chi connectivity index (χ0n) is 18.9. The Hall–Kier alpha value is -2.53. The lowest BCUT2D eigenvalue weighted by atomic mass is 10.2. The van der Waals surface area contributed by atoms with E-state index in [1.807, 2.05) is 13.8 Å². The van der Waals surface area contributed by atoms with Gasteiger partial charge in [0.05, 0.1) is 48.6 Å². The Balaban J connectivity index is 1.63. The van der Waals surface area contributed by atoms with Gasteiger partial charge in [-0.2, -0.15) is 4.31 Å². The van der Waals surface area contributed by atoms with E-state index in [1.165, 1.54) is 30.7 Å². The monoisotopic (exact) mass is 497 g/mol. The van der Waals surface area contributed by atoms with Crippen LogP contribution in [0.3, 0.4) is 0 Å². The summed E-state index contributed by atoms with van der Waals surface area (Å²) in [5, 5.41) is 6.11. The zero-order valence-corrected chi connectivity index (χ0v) is 20.5. The highest BCUT2D eigenvalue weighted by molar-refractivity contribution is 7.89. The average molecular weight is 498 g/mol. The molecule has 2 unspecified atom stereocenters. The quantitative estimate of drug-likeness (QED) is 0.576. The molecule has 1 amide bonds. The van der Waals surface area contributed by atoms with Crippen molar-refractivity contribution >= 4 is 38.9 Å². The number of nitrogens with zero attached hydrogens (tertiary/aromatic N) is 1. The van der Waals surface area contributed by atoms with E-state index in [0.29, 0.717) is 41.0 Å². The molecule has 1 fully saturated rings. The van der Waals surface area contributed by atoms with Gasteiger partial charge in [0.25, 0.3) is 0 Å². The number of hydrogen-bond acceptors (Lipinski definition) is 7. The normalized spacial score (nSPS) is 19.1. The molecule has 2 aromatic rings. The van der Waals surface area contributed by atoms with Crippen molar-refractivity contribution in [1.82, 2.24) is 4.31 Å². The third-order valence-corrected chi connectivity index (χ3v) is 7.22. The van der Waals surface area contributed by atoms with Crippen LogP contribution in [0.4, 0.5) is 11.4 Å². The Morgan fingerprint density at radius 2 is 1.70 bits per heavy atom. The number of anilines is 2. The number of halogens is 1. The molecule has 0 bridgehead atoms. The summed E-state index contributed by atoms with van der Waals surface area (Å²) in [5.41, 5.74) is 1.02. The second-order valence-electron chi connectivity index (χ2n) is 7.69. The number of morpholine rings is 1. The van der Waals surface area contributed by atoms with Crippen molar-refractivity contribution in [3.05, 3.63) is 41.4 Å². The van der Waals surface area contributed by atoms with Crippen LogP contribution in [-0.2, 0) is 19.6 Å². The number of benzene rings is 2. The molecule has 11 heteroatoms.